The first-order valence-electron chi connectivity index (χ1n) is 9.59. The van der Waals surface area contributed by atoms with E-state index in [2.05, 4.69) is 4.90 Å². The third kappa shape index (κ3) is 3.04. The molecule has 26 heavy (non-hydrogen) atoms. The van der Waals surface area contributed by atoms with Crippen LogP contribution in [0.2, 0.25) is 0 Å². The average Bonchev–Trinajstić information content (AvgIpc) is 3.04. The lowest BCUT2D eigenvalue weighted by molar-refractivity contribution is 0.296. The van der Waals surface area contributed by atoms with Crippen LogP contribution in [-0.4, -0.2) is 17.1 Å². The molecule has 0 spiro atoms. The van der Waals surface area contributed by atoms with Gasteiger partial charge in [0.15, 0.2) is 16.8 Å². The van der Waals surface area contributed by atoms with Gasteiger partial charge in [-0.15, -0.1) is 11.3 Å². The van der Waals surface area contributed by atoms with Gasteiger partial charge in [0.1, 0.15) is 0 Å². The standard InChI is InChI=1S/C21H26F2N2S/c1-21(2,3)18-15(10-11-16(22)19(18)23)17-12-26-20(24-17)25-13-6-4-7-14(25)9-5-8-13/h10-14H,4-9H2,1-3H3. The number of hydrogen-bond acceptors (Lipinski definition) is 3. The van der Waals surface area contributed by atoms with E-state index in [1.165, 1.54) is 44.6 Å². The lowest BCUT2D eigenvalue weighted by Crippen LogP contribution is -2.49. The number of halogens is 2. The molecule has 0 aliphatic carbocycles. The second-order valence-corrected chi connectivity index (χ2v) is 9.46. The van der Waals surface area contributed by atoms with Gasteiger partial charge in [0.05, 0.1) is 5.69 Å². The summed E-state index contributed by atoms with van der Waals surface area (Å²) in [5.74, 6) is -1.54. The van der Waals surface area contributed by atoms with E-state index in [9.17, 15) is 8.78 Å². The summed E-state index contributed by atoms with van der Waals surface area (Å²) in [6.45, 7) is 5.74. The average molecular weight is 377 g/mol. The van der Waals surface area contributed by atoms with E-state index >= 15 is 0 Å². The predicted octanol–water partition coefficient (Wildman–Crippen LogP) is 6.30. The Morgan fingerprint density at radius 3 is 2.23 bits per heavy atom. The molecule has 0 N–H and O–H groups in total. The summed E-state index contributed by atoms with van der Waals surface area (Å²) < 4.78 is 28.4. The molecule has 2 saturated heterocycles. The van der Waals surface area contributed by atoms with E-state index in [-0.39, 0.29) is 0 Å². The third-order valence-electron chi connectivity index (χ3n) is 5.77. The van der Waals surface area contributed by atoms with Crippen LogP contribution in [0.4, 0.5) is 13.9 Å². The molecule has 0 saturated carbocycles. The molecule has 5 heteroatoms. The zero-order valence-corrected chi connectivity index (χ0v) is 16.5. The predicted molar refractivity (Wildman–Crippen MR) is 104 cm³/mol. The van der Waals surface area contributed by atoms with Crippen LogP contribution in [0, 0.1) is 11.6 Å². The van der Waals surface area contributed by atoms with Gasteiger partial charge in [-0.2, -0.15) is 0 Å². The number of fused-ring (bicyclic) bond motifs is 2. The van der Waals surface area contributed by atoms with Crippen molar-refractivity contribution in [3.8, 4) is 11.3 Å². The van der Waals surface area contributed by atoms with Gasteiger partial charge in [-0.05, 0) is 56.1 Å². The molecule has 2 nitrogen and oxygen atoms in total. The number of hydrogen-bond donors (Lipinski definition) is 0. The molecule has 3 heterocycles. The zero-order chi connectivity index (χ0) is 18.5. The molecular weight excluding hydrogens is 350 g/mol. The summed E-state index contributed by atoms with van der Waals surface area (Å²) in [6.07, 6.45) is 7.57. The van der Waals surface area contributed by atoms with Gasteiger partial charge < -0.3 is 4.90 Å². The Morgan fingerprint density at radius 1 is 1.04 bits per heavy atom. The van der Waals surface area contributed by atoms with Crippen LogP contribution < -0.4 is 4.90 Å². The van der Waals surface area contributed by atoms with Crippen molar-refractivity contribution < 1.29 is 8.78 Å². The Kier molecular flexibility index (Phi) is 4.54. The second kappa shape index (κ2) is 6.59. The summed E-state index contributed by atoms with van der Waals surface area (Å²) in [4.78, 5) is 7.40. The summed E-state index contributed by atoms with van der Waals surface area (Å²) in [5, 5.41) is 3.04. The number of aromatic nitrogens is 1. The first-order chi connectivity index (χ1) is 12.4. The number of piperidine rings is 2. The monoisotopic (exact) mass is 376 g/mol. The maximum atomic E-state index is 14.6. The number of thiazole rings is 1. The lowest BCUT2D eigenvalue weighted by atomic mass is 9.82. The van der Waals surface area contributed by atoms with Gasteiger partial charge in [-0.1, -0.05) is 20.8 Å². The second-order valence-electron chi connectivity index (χ2n) is 8.63. The number of benzene rings is 1. The SMILES string of the molecule is CC(C)(C)c1c(-c2csc(N3C4CCCC3CCC4)n2)ccc(F)c1F. The maximum Gasteiger partial charge on any atom is 0.186 e. The summed E-state index contributed by atoms with van der Waals surface area (Å²) in [6, 6.07) is 4.07. The fourth-order valence-electron chi connectivity index (χ4n) is 4.64. The third-order valence-corrected chi connectivity index (χ3v) is 6.62. The Labute approximate surface area is 158 Å². The minimum atomic E-state index is -0.792. The van der Waals surface area contributed by atoms with Crippen molar-refractivity contribution in [3.63, 3.8) is 0 Å². The zero-order valence-electron chi connectivity index (χ0n) is 15.7. The minimum absolute atomic E-state index is 0.410. The molecule has 1 aromatic carbocycles. The van der Waals surface area contributed by atoms with Crippen molar-refractivity contribution in [2.45, 2.75) is 76.8 Å². The van der Waals surface area contributed by atoms with Gasteiger partial charge in [0, 0.05) is 28.6 Å². The van der Waals surface area contributed by atoms with E-state index < -0.39 is 17.0 Å². The number of anilines is 1. The van der Waals surface area contributed by atoms with Crippen LogP contribution in [0.25, 0.3) is 11.3 Å². The number of rotatable bonds is 2. The summed E-state index contributed by atoms with van der Waals surface area (Å²) in [5.41, 5.74) is 1.39. The Balaban J connectivity index is 1.74. The van der Waals surface area contributed by atoms with Crippen molar-refractivity contribution in [3.05, 3.63) is 34.7 Å². The number of nitrogens with zero attached hydrogens (tertiary/aromatic N) is 2. The van der Waals surface area contributed by atoms with Crippen molar-refractivity contribution in [1.82, 2.24) is 4.98 Å². The quantitative estimate of drug-likeness (QED) is 0.612. The minimum Gasteiger partial charge on any atom is -0.342 e. The molecule has 0 unspecified atom stereocenters. The highest BCUT2D eigenvalue weighted by Gasteiger charge is 2.35. The van der Waals surface area contributed by atoms with E-state index in [1.807, 2.05) is 26.2 Å². The molecule has 4 rings (SSSR count). The van der Waals surface area contributed by atoms with Crippen molar-refractivity contribution >= 4 is 16.5 Å². The highest BCUT2D eigenvalue weighted by atomic mass is 32.1. The molecule has 2 aliphatic heterocycles. The van der Waals surface area contributed by atoms with Crippen molar-refractivity contribution in [1.29, 1.82) is 0 Å². The van der Waals surface area contributed by atoms with Crippen LogP contribution in [0.1, 0.15) is 64.9 Å². The van der Waals surface area contributed by atoms with Gasteiger partial charge >= 0.3 is 0 Å². The van der Waals surface area contributed by atoms with Crippen LogP contribution in [0.3, 0.4) is 0 Å². The van der Waals surface area contributed by atoms with Crippen LogP contribution in [0.15, 0.2) is 17.5 Å². The van der Waals surface area contributed by atoms with Gasteiger partial charge in [-0.25, -0.2) is 13.8 Å². The first kappa shape index (κ1) is 17.9. The summed E-state index contributed by atoms with van der Waals surface area (Å²) in [7, 11) is 0. The highest BCUT2D eigenvalue weighted by molar-refractivity contribution is 7.14. The van der Waals surface area contributed by atoms with Crippen LogP contribution in [0.5, 0.6) is 0 Å². The fourth-order valence-corrected chi connectivity index (χ4v) is 5.61. The van der Waals surface area contributed by atoms with Gasteiger partial charge in [-0.3, -0.25) is 0 Å². The van der Waals surface area contributed by atoms with Crippen molar-refractivity contribution in [2.75, 3.05) is 4.90 Å². The van der Waals surface area contributed by atoms with Gasteiger partial charge in [0.25, 0.3) is 0 Å². The highest BCUT2D eigenvalue weighted by Crippen LogP contribution is 2.42. The van der Waals surface area contributed by atoms with E-state index in [0.29, 0.717) is 23.2 Å². The molecule has 2 aliphatic rings. The van der Waals surface area contributed by atoms with Crippen molar-refractivity contribution in [2.24, 2.45) is 0 Å². The van der Waals surface area contributed by atoms with Crippen LogP contribution in [-0.2, 0) is 5.41 Å². The Morgan fingerprint density at radius 2 is 1.65 bits per heavy atom. The molecule has 2 aromatic rings. The van der Waals surface area contributed by atoms with E-state index in [0.717, 1.165) is 10.8 Å². The smallest absolute Gasteiger partial charge is 0.186 e. The summed E-state index contributed by atoms with van der Waals surface area (Å²) >= 11 is 1.64. The molecule has 0 radical (unpaired) electrons. The fraction of sp³-hybridized carbons (Fsp3) is 0.571. The molecule has 0 atom stereocenters. The molecule has 0 amide bonds. The molecule has 2 fully saturated rings. The van der Waals surface area contributed by atoms with E-state index in [4.69, 9.17) is 4.98 Å². The van der Waals surface area contributed by atoms with E-state index in [1.54, 1.807) is 17.4 Å². The van der Waals surface area contributed by atoms with Gasteiger partial charge in [0.2, 0.25) is 0 Å². The molecule has 1 aromatic heterocycles. The molecule has 140 valence electrons. The first-order valence-corrected chi connectivity index (χ1v) is 10.5. The van der Waals surface area contributed by atoms with Crippen LogP contribution >= 0.6 is 11.3 Å². The molecular formula is C21H26F2N2S. The normalized spacial score (nSPS) is 23.3. The Bertz CT molecular complexity index is 787. The Hall–Kier alpha value is -1.49. The maximum absolute atomic E-state index is 14.6. The topological polar surface area (TPSA) is 16.1 Å². The largest absolute Gasteiger partial charge is 0.342 e. The molecule has 2 bridgehead atoms. The lowest BCUT2D eigenvalue weighted by Gasteiger charge is -2.46.